The molecule has 4 aromatic rings. The van der Waals surface area contributed by atoms with E-state index in [4.69, 9.17) is 18.4 Å². The number of nitrogens with zero attached hydrogens (tertiary/aromatic N) is 1. The molecule has 0 saturated heterocycles. The summed E-state index contributed by atoms with van der Waals surface area (Å²) in [7, 11) is 3.16. The molecule has 0 aliphatic rings. The summed E-state index contributed by atoms with van der Waals surface area (Å²) in [5.41, 5.74) is 3.33. The lowest BCUT2D eigenvalue weighted by atomic mass is 10.0. The standard InChI is InChI=1S/C29H29N3O7/c1-16(12-26(34)30-11-10-19-6-8-24(36-4)25(13-19)37-5)20-7-9-23-21(14-20)27(28(38-23)17(2)33)32-29(35)22-15-31-39-18(22)3/h6-9,12-15H,10-11H2,1-5H3,(H,30,34)(H,32,35). The van der Waals surface area contributed by atoms with Crippen LogP contribution in [0.25, 0.3) is 16.5 Å². The maximum atomic E-state index is 12.8. The Morgan fingerprint density at radius 1 is 1.03 bits per heavy atom. The highest BCUT2D eigenvalue weighted by molar-refractivity contribution is 6.15. The number of Topliss-reactive ketones (excluding diaryl/α,β-unsaturated/α-hetero) is 1. The van der Waals surface area contributed by atoms with Gasteiger partial charge in [-0.15, -0.1) is 0 Å². The summed E-state index contributed by atoms with van der Waals surface area (Å²) in [6.45, 7) is 5.21. The van der Waals surface area contributed by atoms with Crippen LogP contribution >= 0.6 is 0 Å². The molecule has 0 fully saturated rings. The van der Waals surface area contributed by atoms with Crippen molar-refractivity contribution in [3.05, 3.63) is 76.9 Å². The predicted octanol–water partition coefficient (Wildman–Crippen LogP) is 4.96. The number of furan rings is 1. The van der Waals surface area contributed by atoms with Gasteiger partial charge in [0.05, 0.1) is 26.1 Å². The second-order valence-corrected chi connectivity index (χ2v) is 8.88. The number of ketones is 1. The van der Waals surface area contributed by atoms with E-state index >= 15 is 0 Å². The zero-order valence-corrected chi connectivity index (χ0v) is 22.3. The Kier molecular flexibility index (Phi) is 8.14. The van der Waals surface area contributed by atoms with E-state index in [2.05, 4.69) is 15.8 Å². The fourth-order valence-corrected chi connectivity index (χ4v) is 4.11. The molecule has 10 nitrogen and oxygen atoms in total. The number of nitrogens with one attached hydrogen (secondary N) is 2. The molecule has 2 aromatic heterocycles. The van der Waals surface area contributed by atoms with Crippen LogP contribution in [0.3, 0.4) is 0 Å². The first-order chi connectivity index (χ1) is 18.7. The number of anilines is 1. The van der Waals surface area contributed by atoms with Gasteiger partial charge in [-0.2, -0.15) is 0 Å². The van der Waals surface area contributed by atoms with E-state index in [1.54, 1.807) is 46.3 Å². The van der Waals surface area contributed by atoms with Gasteiger partial charge >= 0.3 is 0 Å². The van der Waals surface area contributed by atoms with Gasteiger partial charge in [-0.05, 0) is 61.2 Å². The predicted molar refractivity (Wildman–Crippen MR) is 145 cm³/mol. The van der Waals surface area contributed by atoms with Crippen LogP contribution in [0.2, 0.25) is 0 Å². The van der Waals surface area contributed by atoms with Gasteiger partial charge < -0.3 is 29.0 Å². The molecule has 0 aliphatic heterocycles. The van der Waals surface area contributed by atoms with Gasteiger partial charge in [0.2, 0.25) is 5.91 Å². The molecule has 2 amide bonds. The molecule has 10 heteroatoms. The van der Waals surface area contributed by atoms with Gasteiger partial charge in [-0.25, -0.2) is 0 Å². The number of amides is 2. The number of rotatable bonds is 10. The van der Waals surface area contributed by atoms with Gasteiger partial charge in [0, 0.05) is 24.9 Å². The molecule has 0 atom stereocenters. The minimum Gasteiger partial charge on any atom is -0.493 e. The van der Waals surface area contributed by atoms with Crippen molar-refractivity contribution in [2.24, 2.45) is 0 Å². The highest BCUT2D eigenvalue weighted by Crippen LogP contribution is 2.34. The molecule has 0 saturated carbocycles. The Hall–Kier alpha value is -4.86. The Labute approximate surface area is 224 Å². The molecule has 0 radical (unpaired) electrons. The molecule has 2 heterocycles. The first-order valence-corrected chi connectivity index (χ1v) is 12.2. The number of fused-ring (bicyclic) bond motifs is 1. The largest absolute Gasteiger partial charge is 0.493 e. The van der Waals surface area contributed by atoms with Crippen LogP contribution in [0.4, 0.5) is 5.69 Å². The lowest BCUT2D eigenvalue weighted by Gasteiger charge is -2.10. The van der Waals surface area contributed by atoms with E-state index in [-0.39, 0.29) is 28.7 Å². The van der Waals surface area contributed by atoms with Crippen LogP contribution in [0.1, 0.15) is 51.6 Å². The van der Waals surface area contributed by atoms with Crippen LogP contribution in [0, 0.1) is 6.92 Å². The number of methoxy groups -OCH3 is 2. The van der Waals surface area contributed by atoms with Crippen LogP contribution in [0.5, 0.6) is 11.5 Å². The zero-order valence-electron chi connectivity index (χ0n) is 22.3. The lowest BCUT2D eigenvalue weighted by Crippen LogP contribution is -2.23. The third-order valence-electron chi connectivity index (χ3n) is 6.21. The fourth-order valence-electron chi connectivity index (χ4n) is 4.11. The van der Waals surface area contributed by atoms with Gasteiger partial charge in [-0.3, -0.25) is 14.4 Å². The number of carbonyl (C=O) groups excluding carboxylic acids is 3. The topological polar surface area (TPSA) is 133 Å². The third kappa shape index (κ3) is 6.01. The van der Waals surface area contributed by atoms with Crippen LogP contribution in [-0.4, -0.2) is 43.5 Å². The second kappa shape index (κ2) is 11.7. The minimum atomic E-state index is -0.481. The second-order valence-electron chi connectivity index (χ2n) is 8.88. The van der Waals surface area contributed by atoms with Crippen LogP contribution in [0.15, 0.2) is 57.6 Å². The summed E-state index contributed by atoms with van der Waals surface area (Å²) in [6, 6.07) is 10.9. The van der Waals surface area contributed by atoms with Crippen molar-refractivity contribution in [2.75, 3.05) is 26.1 Å². The highest BCUT2D eigenvalue weighted by atomic mass is 16.5. The molecule has 0 bridgehead atoms. The van der Waals surface area contributed by atoms with Crippen molar-refractivity contribution in [3.63, 3.8) is 0 Å². The van der Waals surface area contributed by atoms with Crippen molar-refractivity contribution < 1.29 is 32.8 Å². The van der Waals surface area contributed by atoms with E-state index in [0.29, 0.717) is 46.8 Å². The van der Waals surface area contributed by atoms with E-state index in [1.807, 2.05) is 18.2 Å². The van der Waals surface area contributed by atoms with E-state index in [0.717, 1.165) is 11.1 Å². The van der Waals surface area contributed by atoms with Gasteiger partial charge in [0.15, 0.2) is 23.0 Å². The fraction of sp³-hybridized carbons (Fsp3) is 0.241. The zero-order chi connectivity index (χ0) is 28.1. The summed E-state index contributed by atoms with van der Waals surface area (Å²) >= 11 is 0. The Morgan fingerprint density at radius 3 is 2.46 bits per heavy atom. The minimum absolute atomic E-state index is 0.0270. The SMILES string of the molecule is COc1ccc(CCNC(=O)C=C(C)c2ccc3oc(C(C)=O)c(NC(=O)c4cnoc4C)c3c2)cc1OC. The number of carbonyl (C=O) groups is 3. The lowest BCUT2D eigenvalue weighted by molar-refractivity contribution is -0.116. The number of aryl methyl sites for hydroxylation is 1. The van der Waals surface area contributed by atoms with Crippen molar-refractivity contribution in [1.82, 2.24) is 10.5 Å². The summed E-state index contributed by atoms with van der Waals surface area (Å²) in [5.74, 6) is 0.579. The summed E-state index contributed by atoms with van der Waals surface area (Å²) in [6.07, 6.45) is 3.42. The smallest absolute Gasteiger partial charge is 0.261 e. The van der Waals surface area contributed by atoms with Gasteiger partial charge in [-0.1, -0.05) is 17.3 Å². The molecular formula is C29H29N3O7. The molecular weight excluding hydrogens is 502 g/mol. The number of hydrogen-bond acceptors (Lipinski definition) is 8. The number of aromatic nitrogens is 1. The third-order valence-corrected chi connectivity index (χ3v) is 6.21. The quantitative estimate of drug-likeness (QED) is 0.217. The number of ether oxygens (including phenoxy) is 2. The van der Waals surface area contributed by atoms with Gasteiger partial charge in [0.25, 0.3) is 5.91 Å². The molecule has 0 unspecified atom stereocenters. The average Bonchev–Trinajstić information content (AvgIpc) is 3.51. The summed E-state index contributed by atoms with van der Waals surface area (Å²) in [4.78, 5) is 37.7. The maximum Gasteiger partial charge on any atom is 0.261 e. The molecule has 39 heavy (non-hydrogen) atoms. The average molecular weight is 532 g/mol. The van der Waals surface area contributed by atoms with Crippen LogP contribution in [-0.2, 0) is 11.2 Å². The van der Waals surface area contributed by atoms with E-state index in [9.17, 15) is 14.4 Å². The van der Waals surface area contributed by atoms with Crippen molar-refractivity contribution in [2.45, 2.75) is 27.2 Å². The van der Waals surface area contributed by atoms with E-state index < -0.39 is 5.91 Å². The van der Waals surface area contributed by atoms with Gasteiger partial charge in [0.1, 0.15) is 16.9 Å². The van der Waals surface area contributed by atoms with Crippen molar-refractivity contribution >= 4 is 39.8 Å². The first kappa shape index (κ1) is 27.2. The Morgan fingerprint density at radius 2 is 1.79 bits per heavy atom. The number of allylic oxidation sites excluding steroid dienone is 1. The molecule has 0 spiro atoms. The van der Waals surface area contributed by atoms with E-state index in [1.165, 1.54) is 19.2 Å². The molecule has 4 rings (SSSR count). The first-order valence-electron chi connectivity index (χ1n) is 12.2. The Balaban J connectivity index is 1.50. The summed E-state index contributed by atoms with van der Waals surface area (Å²) in [5, 5.41) is 9.80. The van der Waals surface area contributed by atoms with Crippen molar-refractivity contribution in [1.29, 1.82) is 0 Å². The molecule has 2 N–H and O–H groups in total. The van der Waals surface area contributed by atoms with Crippen molar-refractivity contribution in [3.8, 4) is 11.5 Å². The maximum absolute atomic E-state index is 12.8. The number of hydrogen-bond donors (Lipinski definition) is 2. The normalized spacial score (nSPS) is 11.4. The summed E-state index contributed by atoms with van der Waals surface area (Å²) < 4.78 is 21.3. The highest BCUT2D eigenvalue weighted by Gasteiger charge is 2.22. The molecule has 2 aromatic carbocycles. The van der Waals surface area contributed by atoms with Crippen LogP contribution < -0.4 is 20.1 Å². The molecule has 0 aliphatic carbocycles. The Bertz CT molecular complexity index is 1580. The number of benzene rings is 2. The molecule has 202 valence electrons. The monoisotopic (exact) mass is 531 g/mol.